The zero-order valence-corrected chi connectivity index (χ0v) is 10.1. The van der Waals surface area contributed by atoms with Gasteiger partial charge in [-0.2, -0.15) is 0 Å². The van der Waals surface area contributed by atoms with E-state index in [1.807, 2.05) is 24.3 Å². The fraction of sp³-hybridized carbons (Fsp3) is 0. The summed E-state index contributed by atoms with van der Waals surface area (Å²) in [5.74, 6) is 0. The Bertz CT molecular complexity index is 346. The van der Waals surface area contributed by atoms with E-state index in [1.54, 1.807) is 0 Å². The molecule has 2 heteroatoms. The minimum atomic E-state index is 0.966. The quantitative estimate of drug-likeness (QED) is 0.677. The molecule has 0 aliphatic carbocycles. The Kier molecular flexibility index (Phi) is 2.81. The standard InChI is InChI=1S/C12H13NP/c14-13(11-7-3-1-4-8-11)12-9-5-2-6-10-12/h1-9H,14H4. The van der Waals surface area contributed by atoms with Crippen LogP contribution in [-0.2, 0) is 0 Å². The third kappa shape index (κ3) is 1.94. The van der Waals surface area contributed by atoms with E-state index >= 15 is 0 Å². The molecule has 0 aliphatic rings. The molecule has 0 N–H and O–H groups in total. The van der Waals surface area contributed by atoms with Gasteiger partial charge in [-0.1, -0.05) is 0 Å². The molecule has 14 heavy (non-hydrogen) atoms. The molecular formula is C12H13NP. The van der Waals surface area contributed by atoms with Crippen molar-refractivity contribution >= 4 is 20.8 Å². The second-order valence-corrected chi connectivity index (χ2v) is 4.04. The number of hydrogen-bond acceptors (Lipinski definition) is 1. The summed E-state index contributed by atoms with van der Waals surface area (Å²) in [4.78, 5) is 0. The van der Waals surface area contributed by atoms with E-state index in [4.69, 9.17) is 0 Å². The van der Waals surface area contributed by atoms with Crippen LogP contribution in [0.1, 0.15) is 0 Å². The normalized spacial score (nSPS) is 9.86. The molecule has 71 valence electrons. The first-order valence-corrected chi connectivity index (χ1v) is 5.53. The van der Waals surface area contributed by atoms with Gasteiger partial charge in [0.2, 0.25) is 0 Å². The molecular weight excluding hydrogens is 189 g/mol. The first-order valence-electron chi connectivity index (χ1n) is 4.63. The number of rotatable bonds is 2. The molecule has 1 radical (unpaired) electrons. The number of anilines is 2. The van der Waals surface area contributed by atoms with Crippen molar-refractivity contribution in [3.63, 3.8) is 0 Å². The van der Waals surface area contributed by atoms with Crippen LogP contribution in [0, 0.1) is 6.07 Å². The van der Waals surface area contributed by atoms with E-state index < -0.39 is 0 Å². The van der Waals surface area contributed by atoms with Crippen LogP contribution in [0.3, 0.4) is 0 Å². The zero-order valence-electron chi connectivity index (χ0n) is 8.14. The van der Waals surface area contributed by atoms with E-state index in [-0.39, 0.29) is 0 Å². The Morgan fingerprint density at radius 1 is 0.929 bits per heavy atom. The Morgan fingerprint density at radius 2 is 1.64 bits per heavy atom. The first-order chi connectivity index (χ1) is 6.88. The van der Waals surface area contributed by atoms with Crippen LogP contribution in [0.15, 0.2) is 54.6 Å². The molecule has 0 aliphatic heterocycles. The number of hydrogen-bond donors (Lipinski definition) is 0. The van der Waals surface area contributed by atoms with Crippen molar-refractivity contribution < 1.29 is 0 Å². The second-order valence-electron chi connectivity index (χ2n) is 3.14. The van der Waals surface area contributed by atoms with E-state index in [1.165, 1.54) is 5.69 Å². The van der Waals surface area contributed by atoms with Crippen LogP contribution >= 0.6 is 9.39 Å². The van der Waals surface area contributed by atoms with Crippen molar-refractivity contribution in [1.29, 1.82) is 0 Å². The molecule has 2 aromatic rings. The van der Waals surface area contributed by atoms with Crippen molar-refractivity contribution in [2.24, 2.45) is 0 Å². The molecule has 2 rings (SSSR count). The molecule has 0 saturated carbocycles. The van der Waals surface area contributed by atoms with Crippen LogP contribution in [0.2, 0.25) is 0 Å². The molecule has 0 fully saturated rings. The van der Waals surface area contributed by atoms with E-state index in [0.717, 1.165) is 15.1 Å². The maximum atomic E-state index is 3.23. The zero-order chi connectivity index (χ0) is 9.80. The summed E-state index contributed by atoms with van der Waals surface area (Å²) in [6.07, 6.45) is 0. The molecule has 2 aromatic carbocycles. The third-order valence-corrected chi connectivity index (χ3v) is 3.20. The van der Waals surface area contributed by atoms with Crippen molar-refractivity contribution in [1.82, 2.24) is 0 Å². The Morgan fingerprint density at radius 3 is 2.29 bits per heavy atom. The molecule has 0 saturated heterocycles. The minimum absolute atomic E-state index is 0.966. The van der Waals surface area contributed by atoms with Crippen molar-refractivity contribution in [3.8, 4) is 0 Å². The van der Waals surface area contributed by atoms with Crippen LogP contribution in [0.25, 0.3) is 0 Å². The van der Waals surface area contributed by atoms with Gasteiger partial charge < -0.3 is 0 Å². The molecule has 0 spiro atoms. The van der Waals surface area contributed by atoms with E-state index in [9.17, 15) is 0 Å². The van der Waals surface area contributed by atoms with Crippen molar-refractivity contribution in [3.05, 3.63) is 60.7 Å². The van der Waals surface area contributed by atoms with Gasteiger partial charge in [-0.15, -0.1) is 0 Å². The monoisotopic (exact) mass is 202 g/mol. The molecule has 0 unspecified atom stereocenters. The number of benzene rings is 2. The van der Waals surface area contributed by atoms with Crippen molar-refractivity contribution in [2.45, 2.75) is 0 Å². The summed E-state index contributed by atoms with van der Waals surface area (Å²) in [6, 6.07) is 21.7. The van der Waals surface area contributed by atoms with E-state index in [2.05, 4.69) is 41.1 Å². The molecule has 0 heterocycles. The maximum absolute atomic E-state index is 3.23. The average molecular weight is 202 g/mol. The molecule has 0 amide bonds. The van der Waals surface area contributed by atoms with Crippen LogP contribution < -0.4 is 4.67 Å². The van der Waals surface area contributed by atoms with Gasteiger partial charge in [0, 0.05) is 0 Å². The van der Waals surface area contributed by atoms with Gasteiger partial charge in [0.1, 0.15) is 0 Å². The predicted molar refractivity (Wildman–Crippen MR) is 66.4 cm³/mol. The summed E-state index contributed by atoms with van der Waals surface area (Å²) >= 11 is 0. The fourth-order valence-corrected chi connectivity index (χ4v) is 1.96. The number of nitrogens with zero attached hydrogens (tertiary/aromatic N) is 1. The molecule has 1 nitrogen and oxygen atoms in total. The van der Waals surface area contributed by atoms with Gasteiger partial charge in [0.05, 0.1) is 0 Å². The van der Waals surface area contributed by atoms with Gasteiger partial charge in [-0.3, -0.25) is 0 Å². The number of para-hydroxylation sites is 2. The van der Waals surface area contributed by atoms with Gasteiger partial charge in [-0.05, 0) is 0 Å². The molecule has 0 aromatic heterocycles. The summed E-state index contributed by atoms with van der Waals surface area (Å²) in [5, 5.41) is 0. The van der Waals surface area contributed by atoms with Crippen LogP contribution in [-0.4, -0.2) is 0 Å². The SMILES string of the molecule is [PH4]N(c1[c]cccc1)c1ccccc1. The van der Waals surface area contributed by atoms with Crippen LogP contribution in [0.5, 0.6) is 0 Å². The Hall–Kier alpha value is -1.33. The molecule has 0 atom stereocenters. The summed E-state index contributed by atoms with van der Waals surface area (Å²) in [5.41, 5.74) is 2.38. The third-order valence-electron chi connectivity index (χ3n) is 2.20. The summed E-state index contributed by atoms with van der Waals surface area (Å²) < 4.78 is 2.25. The Balaban J connectivity index is 2.30. The predicted octanol–water partition coefficient (Wildman–Crippen LogP) is 2.88. The van der Waals surface area contributed by atoms with Gasteiger partial charge >= 0.3 is 86.1 Å². The van der Waals surface area contributed by atoms with Crippen LogP contribution in [0.4, 0.5) is 11.4 Å². The van der Waals surface area contributed by atoms with Gasteiger partial charge in [0.25, 0.3) is 0 Å². The van der Waals surface area contributed by atoms with Crippen molar-refractivity contribution in [2.75, 3.05) is 4.67 Å². The Labute approximate surface area is 86.6 Å². The second kappa shape index (κ2) is 4.26. The van der Waals surface area contributed by atoms with Gasteiger partial charge in [0.15, 0.2) is 0 Å². The summed E-state index contributed by atoms with van der Waals surface area (Å²) in [6.45, 7) is 0. The first kappa shape index (κ1) is 9.23. The topological polar surface area (TPSA) is 3.24 Å². The fourth-order valence-electron chi connectivity index (χ4n) is 1.38. The summed E-state index contributed by atoms with van der Waals surface area (Å²) in [7, 11) is 0.966. The molecule has 0 bridgehead atoms. The van der Waals surface area contributed by atoms with Gasteiger partial charge in [-0.25, -0.2) is 0 Å². The average Bonchev–Trinajstić information content (AvgIpc) is 2.30. The van der Waals surface area contributed by atoms with E-state index in [0.29, 0.717) is 0 Å².